The molecule has 2 aromatic rings. The van der Waals surface area contributed by atoms with E-state index >= 15 is 0 Å². The number of nitriles is 1. The molecular weight excluding hydrogens is 471 g/mol. The molecule has 1 saturated heterocycles. The lowest BCUT2D eigenvalue weighted by atomic mass is 10.0. The second kappa shape index (κ2) is 10.1. The average molecular weight is 496 g/mol. The molecule has 0 spiro atoms. The second-order valence-electron chi connectivity index (χ2n) is 8.32. The number of hydrogen-bond acceptors (Lipinski definition) is 6. The Hall–Kier alpha value is -2.91. The largest absolute Gasteiger partial charge is 0.491 e. The van der Waals surface area contributed by atoms with Gasteiger partial charge in [0.15, 0.2) is 5.11 Å². The Morgan fingerprint density at radius 1 is 1.21 bits per heavy atom. The first-order valence-electron chi connectivity index (χ1n) is 10.3. The number of ether oxygens (including phenoxy) is 2. The van der Waals surface area contributed by atoms with Crippen molar-refractivity contribution in [2.75, 3.05) is 36.4 Å². The minimum Gasteiger partial charge on any atom is -0.491 e. The van der Waals surface area contributed by atoms with Crippen LogP contribution in [0.25, 0.3) is 0 Å². The van der Waals surface area contributed by atoms with E-state index in [1.165, 1.54) is 11.0 Å². The van der Waals surface area contributed by atoms with Crippen LogP contribution in [0.5, 0.6) is 5.75 Å². The quantitative estimate of drug-likeness (QED) is 0.587. The highest BCUT2D eigenvalue weighted by atomic mass is 32.1. The van der Waals surface area contributed by atoms with Gasteiger partial charge in [0.2, 0.25) is 0 Å². The van der Waals surface area contributed by atoms with E-state index in [4.69, 9.17) is 32.1 Å². The topological polar surface area (TPSA) is 89.2 Å². The first-order chi connectivity index (χ1) is 16.0. The third kappa shape index (κ3) is 5.59. The molecule has 2 N–H and O–H groups in total. The summed E-state index contributed by atoms with van der Waals surface area (Å²) in [5.74, 6) is 0.463. The van der Waals surface area contributed by atoms with Gasteiger partial charge in [-0.05, 0) is 68.5 Å². The predicted octanol–water partition coefficient (Wildman–Crippen LogP) is 3.67. The Kier molecular flexibility index (Phi) is 7.67. The fourth-order valence-corrected chi connectivity index (χ4v) is 4.01. The van der Waals surface area contributed by atoms with Crippen molar-refractivity contribution in [3.05, 3.63) is 53.6 Å². The number of rotatable bonds is 6. The standard InChI is InChI=1S/C23H24F3N3O4S/c1-22(2)13-32-14-28(17-4-3-15(10-27)20(9-17)23(24,25)26)21(34)29(22)16-5-7-19(8-6-16)33-12-18(31)11-30/h3-9,18,30-31H,11-14H2,1-2H3/t18-/m0/s1. The van der Waals surface area contributed by atoms with Gasteiger partial charge in [-0.2, -0.15) is 18.4 Å². The highest BCUT2D eigenvalue weighted by Crippen LogP contribution is 2.36. The summed E-state index contributed by atoms with van der Waals surface area (Å²) in [4.78, 5) is 3.23. The maximum Gasteiger partial charge on any atom is 0.417 e. The molecule has 7 nitrogen and oxygen atoms in total. The monoisotopic (exact) mass is 495 g/mol. The maximum absolute atomic E-state index is 13.5. The fourth-order valence-electron chi connectivity index (χ4n) is 3.50. The lowest BCUT2D eigenvalue weighted by Crippen LogP contribution is -2.52. The van der Waals surface area contributed by atoms with Crippen LogP contribution in [0, 0.1) is 11.3 Å². The molecule has 0 amide bonds. The molecule has 0 aliphatic carbocycles. The Bertz CT molecular complexity index is 1070. The Balaban J connectivity index is 1.95. The Morgan fingerprint density at radius 3 is 2.44 bits per heavy atom. The summed E-state index contributed by atoms with van der Waals surface area (Å²) < 4.78 is 51.7. The molecule has 1 heterocycles. The van der Waals surface area contributed by atoms with E-state index in [2.05, 4.69) is 0 Å². The molecule has 0 bridgehead atoms. The number of benzene rings is 2. The van der Waals surface area contributed by atoms with E-state index < -0.39 is 35.6 Å². The molecule has 1 aliphatic rings. The molecule has 1 aliphatic heterocycles. The number of hydrogen-bond donors (Lipinski definition) is 2. The van der Waals surface area contributed by atoms with Crippen molar-refractivity contribution < 1.29 is 32.9 Å². The highest BCUT2D eigenvalue weighted by molar-refractivity contribution is 7.80. The smallest absolute Gasteiger partial charge is 0.417 e. The zero-order chi connectivity index (χ0) is 25.1. The van der Waals surface area contributed by atoms with Gasteiger partial charge in [0.25, 0.3) is 0 Å². The van der Waals surface area contributed by atoms with Crippen molar-refractivity contribution >= 4 is 28.7 Å². The van der Waals surface area contributed by atoms with E-state index in [0.717, 1.165) is 12.1 Å². The third-order valence-corrected chi connectivity index (χ3v) is 5.59. The molecule has 3 rings (SSSR count). The molecule has 1 atom stereocenters. The number of aliphatic hydroxyl groups excluding tert-OH is 2. The van der Waals surface area contributed by atoms with Crippen molar-refractivity contribution in [3.63, 3.8) is 0 Å². The molecule has 0 saturated carbocycles. The lowest BCUT2D eigenvalue weighted by molar-refractivity contribution is -0.137. The number of halogens is 3. The zero-order valence-electron chi connectivity index (χ0n) is 18.5. The van der Waals surface area contributed by atoms with Crippen LogP contribution >= 0.6 is 12.2 Å². The van der Waals surface area contributed by atoms with Gasteiger partial charge in [0, 0.05) is 11.4 Å². The second-order valence-corrected chi connectivity index (χ2v) is 8.68. The number of thiocarbonyl (C=S) groups is 1. The van der Waals surface area contributed by atoms with Gasteiger partial charge >= 0.3 is 6.18 Å². The van der Waals surface area contributed by atoms with Crippen LogP contribution in [0.2, 0.25) is 0 Å². The number of anilines is 2. The van der Waals surface area contributed by atoms with Crippen LogP contribution in [-0.4, -0.2) is 53.5 Å². The van der Waals surface area contributed by atoms with Gasteiger partial charge in [-0.25, -0.2) is 0 Å². The van der Waals surface area contributed by atoms with E-state index in [9.17, 15) is 18.3 Å². The fraction of sp³-hybridized carbons (Fsp3) is 0.391. The average Bonchev–Trinajstić information content (AvgIpc) is 2.91. The number of nitrogens with zero attached hydrogens (tertiary/aromatic N) is 3. The van der Waals surface area contributed by atoms with Gasteiger partial charge in [-0.1, -0.05) is 0 Å². The third-order valence-electron chi connectivity index (χ3n) is 5.19. The summed E-state index contributed by atoms with van der Waals surface area (Å²) in [6.07, 6.45) is -5.70. The van der Waals surface area contributed by atoms with Crippen LogP contribution in [0.15, 0.2) is 42.5 Å². The lowest BCUT2D eigenvalue weighted by Gasteiger charge is -2.39. The van der Waals surface area contributed by atoms with E-state index in [0.29, 0.717) is 11.4 Å². The van der Waals surface area contributed by atoms with Crippen LogP contribution in [0.1, 0.15) is 25.0 Å². The molecular formula is C23H24F3N3O4S. The summed E-state index contributed by atoms with van der Waals surface area (Å²) in [5.41, 5.74) is -1.35. The van der Waals surface area contributed by atoms with Crippen molar-refractivity contribution in [2.45, 2.75) is 31.7 Å². The minimum atomic E-state index is -4.70. The summed E-state index contributed by atoms with van der Waals surface area (Å²) in [5, 5.41) is 27.7. The predicted molar refractivity (Wildman–Crippen MR) is 124 cm³/mol. The van der Waals surface area contributed by atoms with Gasteiger partial charge in [0.05, 0.1) is 35.9 Å². The van der Waals surface area contributed by atoms with Crippen molar-refractivity contribution in [1.82, 2.24) is 0 Å². The van der Waals surface area contributed by atoms with E-state index in [1.54, 1.807) is 35.2 Å². The van der Waals surface area contributed by atoms with Crippen LogP contribution in [-0.2, 0) is 10.9 Å². The summed E-state index contributed by atoms with van der Waals surface area (Å²) in [6.45, 7) is 3.46. The van der Waals surface area contributed by atoms with Crippen molar-refractivity contribution in [2.24, 2.45) is 0 Å². The molecule has 34 heavy (non-hydrogen) atoms. The van der Waals surface area contributed by atoms with Gasteiger partial charge < -0.3 is 24.6 Å². The molecule has 0 unspecified atom stereocenters. The minimum absolute atomic E-state index is 0.0673. The molecule has 182 valence electrons. The molecule has 1 fully saturated rings. The van der Waals surface area contributed by atoms with E-state index in [1.807, 2.05) is 13.8 Å². The zero-order valence-corrected chi connectivity index (χ0v) is 19.4. The molecule has 0 aromatic heterocycles. The van der Waals surface area contributed by atoms with Gasteiger partial charge in [-0.3, -0.25) is 4.90 Å². The highest BCUT2D eigenvalue weighted by Gasteiger charge is 2.38. The number of alkyl halides is 3. The van der Waals surface area contributed by atoms with Crippen LogP contribution in [0.4, 0.5) is 24.5 Å². The maximum atomic E-state index is 13.5. The van der Waals surface area contributed by atoms with Gasteiger partial charge in [-0.15, -0.1) is 0 Å². The first kappa shape index (κ1) is 25.7. The Labute approximate surface area is 200 Å². The van der Waals surface area contributed by atoms with Crippen molar-refractivity contribution in [1.29, 1.82) is 5.26 Å². The summed E-state index contributed by atoms with van der Waals surface area (Å²) in [7, 11) is 0. The molecule has 2 aromatic carbocycles. The van der Waals surface area contributed by atoms with Crippen LogP contribution in [0.3, 0.4) is 0 Å². The number of aliphatic hydroxyl groups is 2. The summed E-state index contributed by atoms with van der Waals surface area (Å²) in [6, 6.07) is 11.8. The first-order valence-corrected chi connectivity index (χ1v) is 10.7. The SMILES string of the molecule is CC1(C)COCN(c2ccc(C#N)c(C(F)(F)F)c2)C(=S)N1c1ccc(OC[C@@H](O)CO)cc1. The molecule has 0 radical (unpaired) electrons. The summed E-state index contributed by atoms with van der Waals surface area (Å²) >= 11 is 5.71. The van der Waals surface area contributed by atoms with E-state index in [-0.39, 0.29) is 30.7 Å². The normalized spacial score (nSPS) is 17.2. The Morgan fingerprint density at radius 2 is 1.85 bits per heavy atom. The van der Waals surface area contributed by atoms with Gasteiger partial charge in [0.1, 0.15) is 25.2 Å². The molecule has 11 heteroatoms. The van der Waals surface area contributed by atoms with Crippen molar-refractivity contribution in [3.8, 4) is 11.8 Å². The van der Waals surface area contributed by atoms with Crippen LogP contribution < -0.4 is 14.5 Å².